The first kappa shape index (κ1) is 19.6. The molecule has 6 nitrogen and oxygen atoms in total. The van der Waals surface area contributed by atoms with Crippen molar-refractivity contribution in [1.29, 1.82) is 0 Å². The lowest BCUT2D eigenvalue weighted by molar-refractivity contribution is -0.111. The molecule has 0 fully saturated rings. The maximum absolute atomic E-state index is 12.5. The van der Waals surface area contributed by atoms with Crippen LogP contribution in [0.25, 0.3) is 33.9 Å². The monoisotopic (exact) mass is 419 g/mol. The third kappa shape index (κ3) is 3.63. The number of amides is 1. The first-order valence-corrected chi connectivity index (χ1v) is 10.4. The van der Waals surface area contributed by atoms with E-state index in [-0.39, 0.29) is 5.91 Å². The van der Waals surface area contributed by atoms with Gasteiger partial charge in [0.15, 0.2) is 11.5 Å². The van der Waals surface area contributed by atoms with Gasteiger partial charge in [-0.1, -0.05) is 66.7 Å². The van der Waals surface area contributed by atoms with E-state index in [1.165, 1.54) is 6.08 Å². The summed E-state index contributed by atoms with van der Waals surface area (Å²) in [4.78, 5) is 12.5. The van der Waals surface area contributed by atoms with Gasteiger partial charge in [0.25, 0.3) is 0 Å². The van der Waals surface area contributed by atoms with Gasteiger partial charge in [-0.3, -0.25) is 4.79 Å². The summed E-state index contributed by atoms with van der Waals surface area (Å²) in [5.74, 6) is 0.435. The summed E-state index contributed by atoms with van der Waals surface area (Å²) in [5, 5.41) is 18.5. The molecule has 0 unspecified atom stereocenters. The van der Waals surface area contributed by atoms with Crippen LogP contribution in [0.15, 0.2) is 78.9 Å². The number of hydrogen-bond acceptors (Lipinski definition) is 4. The highest BCUT2D eigenvalue weighted by atomic mass is 16.1. The van der Waals surface area contributed by atoms with Crippen LogP contribution < -0.4 is 5.32 Å². The van der Waals surface area contributed by atoms with E-state index < -0.39 is 0 Å². The highest BCUT2D eigenvalue weighted by Crippen LogP contribution is 2.27. The number of anilines is 1. The van der Waals surface area contributed by atoms with Gasteiger partial charge in [0.2, 0.25) is 5.91 Å². The summed E-state index contributed by atoms with van der Waals surface area (Å²) in [7, 11) is 0. The lowest BCUT2D eigenvalue weighted by atomic mass is 10.1. The molecule has 2 aromatic heterocycles. The van der Waals surface area contributed by atoms with Gasteiger partial charge in [-0.25, -0.2) is 0 Å². The van der Waals surface area contributed by atoms with E-state index in [2.05, 4.69) is 15.5 Å². The Morgan fingerprint density at radius 3 is 2.47 bits per heavy atom. The Bertz CT molecular complexity index is 1480. The average Bonchev–Trinajstić information content (AvgIpc) is 3.24. The molecule has 5 rings (SSSR count). The summed E-state index contributed by atoms with van der Waals surface area (Å²) in [6.07, 6.45) is 3.32. The van der Waals surface area contributed by atoms with Crippen LogP contribution in [-0.4, -0.2) is 25.7 Å². The molecule has 1 N–H and O–H groups in total. The maximum Gasteiger partial charge on any atom is 0.248 e. The third-order valence-corrected chi connectivity index (χ3v) is 5.43. The first-order valence-electron chi connectivity index (χ1n) is 10.4. The van der Waals surface area contributed by atoms with Crippen molar-refractivity contribution in [2.75, 3.05) is 5.32 Å². The van der Waals surface area contributed by atoms with Crippen LogP contribution in [-0.2, 0) is 4.79 Å². The molecule has 0 aliphatic heterocycles. The van der Waals surface area contributed by atoms with Crippen LogP contribution in [0.4, 0.5) is 5.69 Å². The standard InChI is InChI=1S/C26H21N5O/c1-17-12-14-20(16-23(17)27-24(32)15-13-19-8-4-3-5-9-19)25-28-29-26-22-11-7-6-10-21(22)18(2)30-31(25)26/h3-16H,1-2H3,(H,27,32). The maximum atomic E-state index is 12.5. The molecule has 0 aliphatic carbocycles. The fraction of sp³-hybridized carbons (Fsp3) is 0.0769. The van der Waals surface area contributed by atoms with Crippen LogP contribution in [0.3, 0.4) is 0 Å². The molecular formula is C26H21N5O. The Hall–Kier alpha value is -4.32. The molecule has 156 valence electrons. The zero-order chi connectivity index (χ0) is 22.1. The molecule has 0 bridgehead atoms. The van der Waals surface area contributed by atoms with Gasteiger partial charge >= 0.3 is 0 Å². The van der Waals surface area contributed by atoms with E-state index in [9.17, 15) is 4.79 Å². The van der Waals surface area contributed by atoms with E-state index in [1.54, 1.807) is 10.6 Å². The number of carbonyl (C=O) groups is 1. The largest absolute Gasteiger partial charge is 0.322 e. The predicted molar refractivity (Wildman–Crippen MR) is 127 cm³/mol. The molecule has 2 heterocycles. The number of fused-ring (bicyclic) bond motifs is 3. The minimum atomic E-state index is -0.194. The van der Waals surface area contributed by atoms with Crippen molar-refractivity contribution in [2.24, 2.45) is 0 Å². The fourth-order valence-electron chi connectivity index (χ4n) is 3.73. The van der Waals surface area contributed by atoms with Crippen molar-refractivity contribution in [2.45, 2.75) is 13.8 Å². The highest BCUT2D eigenvalue weighted by Gasteiger charge is 2.15. The minimum Gasteiger partial charge on any atom is -0.322 e. The molecule has 0 atom stereocenters. The number of nitrogens with one attached hydrogen (secondary N) is 1. The molecule has 0 spiro atoms. The summed E-state index contributed by atoms with van der Waals surface area (Å²) in [6.45, 7) is 3.93. The molecule has 32 heavy (non-hydrogen) atoms. The number of aryl methyl sites for hydroxylation is 2. The summed E-state index contributed by atoms with van der Waals surface area (Å²) in [5.41, 5.74) is 5.08. The Morgan fingerprint density at radius 1 is 0.906 bits per heavy atom. The third-order valence-electron chi connectivity index (χ3n) is 5.43. The lowest BCUT2D eigenvalue weighted by Gasteiger charge is -2.09. The van der Waals surface area contributed by atoms with Crippen molar-refractivity contribution in [1.82, 2.24) is 19.8 Å². The van der Waals surface area contributed by atoms with Crippen LogP contribution in [0, 0.1) is 13.8 Å². The van der Waals surface area contributed by atoms with Gasteiger partial charge in [0, 0.05) is 28.1 Å². The zero-order valence-electron chi connectivity index (χ0n) is 17.8. The lowest BCUT2D eigenvalue weighted by Crippen LogP contribution is -2.09. The number of carbonyl (C=O) groups excluding carboxylic acids is 1. The Kier molecular flexibility index (Phi) is 4.95. The molecule has 0 saturated carbocycles. The molecule has 6 heteroatoms. The summed E-state index contributed by atoms with van der Waals surface area (Å²) >= 11 is 0. The topological polar surface area (TPSA) is 72.2 Å². The van der Waals surface area contributed by atoms with Gasteiger partial charge in [0.1, 0.15) is 0 Å². The average molecular weight is 419 g/mol. The number of nitrogens with zero attached hydrogens (tertiary/aromatic N) is 4. The van der Waals surface area contributed by atoms with Crippen LogP contribution >= 0.6 is 0 Å². The summed E-state index contributed by atoms with van der Waals surface area (Å²) < 4.78 is 1.77. The second-order valence-corrected chi connectivity index (χ2v) is 7.65. The zero-order valence-corrected chi connectivity index (χ0v) is 17.8. The van der Waals surface area contributed by atoms with Gasteiger partial charge in [-0.05, 0) is 37.1 Å². The summed E-state index contributed by atoms with van der Waals surface area (Å²) in [6, 6.07) is 23.6. The second kappa shape index (κ2) is 8.07. The highest BCUT2D eigenvalue weighted by molar-refractivity contribution is 6.02. The molecule has 0 radical (unpaired) electrons. The number of aromatic nitrogens is 4. The van der Waals surface area contributed by atoms with Crippen LogP contribution in [0.5, 0.6) is 0 Å². The number of hydrogen-bond donors (Lipinski definition) is 1. The van der Waals surface area contributed by atoms with E-state index >= 15 is 0 Å². The fourth-order valence-corrected chi connectivity index (χ4v) is 3.73. The Balaban J connectivity index is 1.49. The smallest absolute Gasteiger partial charge is 0.248 e. The van der Waals surface area contributed by atoms with Crippen LogP contribution in [0.1, 0.15) is 16.8 Å². The molecule has 0 saturated heterocycles. The Morgan fingerprint density at radius 2 is 1.66 bits per heavy atom. The quantitative estimate of drug-likeness (QED) is 0.406. The van der Waals surface area contributed by atoms with Crippen molar-refractivity contribution in [3.05, 3.63) is 95.7 Å². The molecule has 0 aliphatic rings. The van der Waals surface area contributed by atoms with Gasteiger partial charge in [-0.2, -0.15) is 9.61 Å². The van der Waals surface area contributed by atoms with E-state index in [4.69, 9.17) is 5.10 Å². The van der Waals surface area contributed by atoms with Crippen LogP contribution in [0.2, 0.25) is 0 Å². The van der Waals surface area contributed by atoms with E-state index in [1.807, 2.05) is 86.6 Å². The van der Waals surface area contributed by atoms with E-state index in [0.717, 1.165) is 38.8 Å². The van der Waals surface area contributed by atoms with Gasteiger partial charge < -0.3 is 5.32 Å². The molecule has 1 amide bonds. The van der Waals surface area contributed by atoms with Gasteiger partial charge in [0.05, 0.1) is 5.69 Å². The normalized spacial score (nSPS) is 11.4. The minimum absolute atomic E-state index is 0.194. The van der Waals surface area contributed by atoms with Crippen molar-refractivity contribution < 1.29 is 4.79 Å². The molecule has 5 aromatic rings. The first-order chi connectivity index (χ1) is 15.6. The van der Waals surface area contributed by atoms with E-state index in [0.29, 0.717) is 11.5 Å². The Labute approximate surface area is 185 Å². The van der Waals surface area contributed by atoms with Gasteiger partial charge in [-0.15, -0.1) is 10.2 Å². The number of rotatable bonds is 4. The predicted octanol–water partition coefficient (Wildman–Crippen LogP) is 5.21. The SMILES string of the molecule is Cc1ccc(-c2nnc3c4ccccc4c(C)nn23)cc1NC(=O)C=Cc1ccccc1. The van der Waals surface area contributed by atoms with Crippen molar-refractivity contribution in [3.63, 3.8) is 0 Å². The molecular weight excluding hydrogens is 398 g/mol. The number of benzene rings is 3. The van der Waals surface area contributed by atoms with Crippen molar-refractivity contribution in [3.8, 4) is 11.4 Å². The second-order valence-electron chi connectivity index (χ2n) is 7.65. The van der Waals surface area contributed by atoms with Crippen molar-refractivity contribution >= 4 is 34.1 Å². The molecule has 3 aromatic carbocycles.